The maximum absolute atomic E-state index is 12.5. The molecule has 0 aromatic heterocycles. The number of carbonyl (C=O) groups excluding carboxylic acids is 1. The Hall–Kier alpha value is -1.20. The Balaban J connectivity index is 1.41. The number of amides is 1. The van der Waals surface area contributed by atoms with Crippen LogP contribution in [0.1, 0.15) is 18.4 Å². The number of nitrogens with zero attached hydrogens (tertiary/aromatic N) is 1. The van der Waals surface area contributed by atoms with Gasteiger partial charge in [-0.1, -0.05) is 41.4 Å². The molecule has 0 spiro atoms. The summed E-state index contributed by atoms with van der Waals surface area (Å²) in [6.45, 7) is 3.28. The molecule has 1 aliphatic rings. The molecule has 144 valence electrons. The van der Waals surface area contributed by atoms with Gasteiger partial charge in [0.25, 0.3) is 0 Å². The fourth-order valence-electron chi connectivity index (χ4n) is 3.30. The van der Waals surface area contributed by atoms with Gasteiger partial charge in [-0.05, 0) is 55.3 Å². The first-order chi connectivity index (χ1) is 13.1. The number of hydrogen-bond donors (Lipinski definition) is 1. The average Bonchev–Trinajstić information content (AvgIpc) is 2.68. The summed E-state index contributed by atoms with van der Waals surface area (Å²) in [5.74, 6) is 1.07. The zero-order valence-electron chi connectivity index (χ0n) is 15.2. The van der Waals surface area contributed by atoms with E-state index in [-0.39, 0.29) is 11.8 Å². The lowest BCUT2D eigenvalue weighted by atomic mass is 9.96. The van der Waals surface area contributed by atoms with Crippen LogP contribution in [0, 0.1) is 5.92 Å². The van der Waals surface area contributed by atoms with Crippen molar-refractivity contribution in [3.8, 4) is 0 Å². The van der Waals surface area contributed by atoms with Crippen molar-refractivity contribution in [3.05, 3.63) is 64.1 Å². The molecule has 1 aliphatic heterocycles. The molecule has 0 unspecified atom stereocenters. The fourth-order valence-corrected chi connectivity index (χ4v) is 4.39. The highest BCUT2D eigenvalue weighted by Gasteiger charge is 2.25. The zero-order chi connectivity index (χ0) is 19.1. The van der Waals surface area contributed by atoms with E-state index >= 15 is 0 Å². The molecule has 1 N–H and O–H groups in total. The first-order valence-corrected chi connectivity index (χ1v) is 11.0. The SMILES string of the molecule is O=C(NCCSc1ccc(Cl)cc1)[C@@H]1CCCN(Cc2ccccc2Cl)C1. The van der Waals surface area contributed by atoms with Crippen LogP contribution in [-0.4, -0.2) is 36.2 Å². The van der Waals surface area contributed by atoms with Crippen molar-refractivity contribution >= 4 is 40.9 Å². The first kappa shape index (κ1) is 20.5. The van der Waals surface area contributed by atoms with Gasteiger partial charge in [-0.25, -0.2) is 0 Å². The molecule has 1 atom stereocenters. The Morgan fingerprint density at radius 1 is 1.15 bits per heavy atom. The highest BCUT2D eigenvalue weighted by atomic mass is 35.5. The van der Waals surface area contributed by atoms with Crippen LogP contribution in [-0.2, 0) is 11.3 Å². The van der Waals surface area contributed by atoms with Gasteiger partial charge in [0.2, 0.25) is 5.91 Å². The molecular weight excluding hydrogens is 399 g/mol. The van der Waals surface area contributed by atoms with Gasteiger partial charge in [-0.15, -0.1) is 11.8 Å². The number of piperidine rings is 1. The van der Waals surface area contributed by atoms with Gasteiger partial charge in [0.15, 0.2) is 0 Å². The van der Waals surface area contributed by atoms with Crippen LogP contribution in [0.3, 0.4) is 0 Å². The van der Waals surface area contributed by atoms with Gasteiger partial charge in [-0.2, -0.15) is 0 Å². The van der Waals surface area contributed by atoms with Gasteiger partial charge in [0.05, 0.1) is 5.92 Å². The topological polar surface area (TPSA) is 32.3 Å². The van der Waals surface area contributed by atoms with E-state index in [1.54, 1.807) is 11.8 Å². The molecule has 3 nitrogen and oxygen atoms in total. The lowest BCUT2D eigenvalue weighted by molar-refractivity contribution is -0.126. The monoisotopic (exact) mass is 422 g/mol. The van der Waals surface area contributed by atoms with E-state index in [4.69, 9.17) is 23.2 Å². The molecule has 1 heterocycles. The summed E-state index contributed by atoms with van der Waals surface area (Å²) < 4.78 is 0. The summed E-state index contributed by atoms with van der Waals surface area (Å²) in [6.07, 6.45) is 2.00. The normalized spacial score (nSPS) is 17.6. The molecule has 6 heteroatoms. The summed E-state index contributed by atoms with van der Waals surface area (Å²) in [5, 5.41) is 4.63. The molecule has 27 heavy (non-hydrogen) atoms. The zero-order valence-corrected chi connectivity index (χ0v) is 17.5. The second-order valence-electron chi connectivity index (χ2n) is 6.76. The van der Waals surface area contributed by atoms with Crippen molar-refractivity contribution in [1.82, 2.24) is 10.2 Å². The van der Waals surface area contributed by atoms with Gasteiger partial charge in [0.1, 0.15) is 0 Å². The van der Waals surface area contributed by atoms with Crippen LogP contribution in [0.4, 0.5) is 0 Å². The van der Waals surface area contributed by atoms with E-state index < -0.39 is 0 Å². The van der Waals surface area contributed by atoms with Crippen molar-refractivity contribution in [2.75, 3.05) is 25.4 Å². The van der Waals surface area contributed by atoms with Crippen LogP contribution in [0.5, 0.6) is 0 Å². The van der Waals surface area contributed by atoms with Crippen LogP contribution >= 0.6 is 35.0 Å². The third-order valence-electron chi connectivity index (χ3n) is 4.71. The number of thioether (sulfide) groups is 1. The molecule has 0 bridgehead atoms. The Bertz CT molecular complexity index is 754. The van der Waals surface area contributed by atoms with Gasteiger partial charge in [0, 0.05) is 40.3 Å². The highest BCUT2D eigenvalue weighted by Crippen LogP contribution is 2.23. The fraction of sp³-hybridized carbons (Fsp3) is 0.381. The molecule has 1 fully saturated rings. The summed E-state index contributed by atoms with van der Waals surface area (Å²) in [7, 11) is 0. The molecule has 1 saturated heterocycles. The lowest BCUT2D eigenvalue weighted by Crippen LogP contribution is -2.43. The predicted molar refractivity (Wildman–Crippen MR) is 115 cm³/mol. The number of rotatable bonds is 7. The van der Waals surface area contributed by atoms with Crippen LogP contribution in [0.25, 0.3) is 0 Å². The second kappa shape index (κ2) is 10.4. The van der Waals surface area contributed by atoms with Crippen molar-refractivity contribution < 1.29 is 4.79 Å². The Labute approximate surface area is 175 Å². The van der Waals surface area contributed by atoms with E-state index in [1.807, 2.05) is 42.5 Å². The van der Waals surface area contributed by atoms with Crippen molar-refractivity contribution in [1.29, 1.82) is 0 Å². The molecule has 0 radical (unpaired) electrons. The Morgan fingerprint density at radius 2 is 1.93 bits per heavy atom. The summed E-state index contributed by atoms with van der Waals surface area (Å²) in [4.78, 5) is 16.0. The summed E-state index contributed by atoms with van der Waals surface area (Å²) in [6, 6.07) is 15.7. The number of carbonyl (C=O) groups is 1. The van der Waals surface area contributed by atoms with Gasteiger partial charge >= 0.3 is 0 Å². The average molecular weight is 423 g/mol. The minimum atomic E-state index is 0.0572. The molecular formula is C21H24Cl2N2OS. The molecule has 0 saturated carbocycles. The Morgan fingerprint density at radius 3 is 2.70 bits per heavy atom. The summed E-state index contributed by atoms with van der Waals surface area (Å²) >= 11 is 13.9. The van der Waals surface area contributed by atoms with E-state index in [9.17, 15) is 4.79 Å². The number of nitrogens with one attached hydrogen (secondary N) is 1. The van der Waals surface area contributed by atoms with Crippen molar-refractivity contribution in [3.63, 3.8) is 0 Å². The standard InChI is InChI=1S/C21H24Cl2N2OS/c22-18-7-9-19(10-8-18)27-13-11-24-21(26)17-5-3-12-25(15-17)14-16-4-1-2-6-20(16)23/h1-2,4,6-10,17H,3,5,11-15H2,(H,24,26)/t17-/m1/s1. The lowest BCUT2D eigenvalue weighted by Gasteiger charge is -2.32. The quantitative estimate of drug-likeness (QED) is 0.496. The van der Waals surface area contributed by atoms with Crippen LogP contribution < -0.4 is 5.32 Å². The number of hydrogen-bond acceptors (Lipinski definition) is 3. The molecule has 3 rings (SSSR count). The van der Waals surface area contributed by atoms with Gasteiger partial charge in [-0.3, -0.25) is 9.69 Å². The first-order valence-electron chi connectivity index (χ1n) is 9.23. The molecule has 2 aromatic rings. The summed E-state index contributed by atoms with van der Waals surface area (Å²) in [5.41, 5.74) is 1.12. The smallest absolute Gasteiger partial charge is 0.224 e. The van der Waals surface area contributed by atoms with Crippen molar-refractivity contribution in [2.45, 2.75) is 24.3 Å². The third kappa shape index (κ3) is 6.42. The predicted octanol–water partition coefficient (Wildman–Crippen LogP) is 5.11. The number of likely N-dealkylation sites (tertiary alicyclic amines) is 1. The largest absolute Gasteiger partial charge is 0.355 e. The van der Waals surface area contributed by atoms with Crippen LogP contribution in [0.2, 0.25) is 10.0 Å². The highest BCUT2D eigenvalue weighted by molar-refractivity contribution is 7.99. The Kier molecular flexibility index (Phi) is 7.89. The van der Waals surface area contributed by atoms with Crippen LogP contribution in [0.15, 0.2) is 53.4 Å². The number of halogens is 2. The maximum Gasteiger partial charge on any atom is 0.224 e. The second-order valence-corrected chi connectivity index (χ2v) is 8.77. The molecule has 1 amide bonds. The minimum Gasteiger partial charge on any atom is -0.355 e. The minimum absolute atomic E-state index is 0.0572. The third-order valence-corrected chi connectivity index (χ3v) is 6.35. The maximum atomic E-state index is 12.5. The van der Waals surface area contributed by atoms with Crippen molar-refractivity contribution in [2.24, 2.45) is 5.92 Å². The van der Waals surface area contributed by atoms with E-state index in [1.165, 1.54) is 0 Å². The molecule has 0 aliphatic carbocycles. The number of benzene rings is 2. The van der Waals surface area contributed by atoms with E-state index in [0.29, 0.717) is 6.54 Å². The molecule has 2 aromatic carbocycles. The van der Waals surface area contributed by atoms with E-state index in [2.05, 4.69) is 16.3 Å². The van der Waals surface area contributed by atoms with Gasteiger partial charge < -0.3 is 5.32 Å². The van der Waals surface area contributed by atoms with E-state index in [0.717, 1.165) is 58.7 Å².